The van der Waals surface area contributed by atoms with E-state index in [0.717, 1.165) is 22.4 Å². The van der Waals surface area contributed by atoms with Crippen LogP contribution in [0.1, 0.15) is 42.9 Å². The molecule has 0 aliphatic carbocycles. The predicted octanol–water partition coefficient (Wildman–Crippen LogP) is 2.63. The van der Waals surface area contributed by atoms with Gasteiger partial charge in [0.05, 0.1) is 12.3 Å². The number of nitrogens with zero attached hydrogens (tertiary/aromatic N) is 2. The zero-order valence-electron chi connectivity index (χ0n) is 18.6. The van der Waals surface area contributed by atoms with Gasteiger partial charge < -0.3 is 4.74 Å². The van der Waals surface area contributed by atoms with Gasteiger partial charge in [-0.25, -0.2) is 5.01 Å². The van der Waals surface area contributed by atoms with Crippen molar-refractivity contribution in [2.45, 2.75) is 46.1 Å². The third kappa shape index (κ3) is 5.94. The normalized spacial score (nSPS) is 13.8. The fraction of sp³-hybridized carbons (Fsp3) is 0.333. The van der Waals surface area contributed by atoms with Gasteiger partial charge in [-0.2, -0.15) is 5.10 Å². The predicted molar refractivity (Wildman–Crippen MR) is 121 cm³/mol. The molecule has 32 heavy (non-hydrogen) atoms. The molecule has 0 fully saturated rings. The molecule has 0 aromatic heterocycles. The van der Waals surface area contributed by atoms with Crippen LogP contribution in [0.2, 0.25) is 0 Å². The average molecular weight is 437 g/mol. The summed E-state index contributed by atoms with van der Waals surface area (Å²) in [5, 5.41) is 5.77. The van der Waals surface area contributed by atoms with Crippen LogP contribution in [0.15, 0.2) is 53.6 Å². The molecule has 3 rings (SSSR count). The van der Waals surface area contributed by atoms with E-state index in [1.807, 2.05) is 56.3 Å². The molecular formula is C24H28N4O4. The topological polar surface area (TPSA) is 100 Å². The first-order valence-corrected chi connectivity index (χ1v) is 10.6. The van der Waals surface area contributed by atoms with E-state index in [4.69, 9.17) is 4.74 Å². The van der Waals surface area contributed by atoms with Gasteiger partial charge in [0.15, 0.2) is 6.10 Å². The Morgan fingerprint density at radius 3 is 2.53 bits per heavy atom. The molecule has 0 spiro atoms. The van der Waals surface area contributed by atoms with Gasteiger partial charge in [0.2, 0.25) is 11.8 Å². The molecule has 2 aromatic carbocycles. The van der Waals surface area contributed by atoms with E-state index in [0.29, 0.717) is 18.7 Å². The first kappa shape index (κ1) is 23.0. The number of hydrazone groups is 1. The Labute approximate surface area is 187 Å². The Balaban J connectivity index is 1.41. The molecule has 1 heterocycles. The highest BCUT2D eigenvalue weighted by Gasteiger charge is 2.22. The van der Waals surface area contributed by atoms with Gasteiger partial charge in [0.25, 0.3) is 5.91 Å². The Kier molecular flexibility index (Phi) is 7.59. The quantitative estimate of drug-likeness (QED) is 0.652. The molecule has 2 N–H and O–H groups in total. The lowest BCUT2D eigenvalue weighted by atomic mass is 10.1. The van der Waals surface area contributed by atoms with Crippen LogP contribution in [0.4, 0.5) is 0 Å². The summed E-state index contributed by atoms with van der Waals surface area (Å²) in [5.74, 6) is -0.561. The molecule has 0 bridgehead atoms. The van der Waals surface area contributed by atoms with Crippen LogP contribution in [-0.2, 0) is 14.4 Å². The van der Waals surface area contributed by atoms with Gasteiger partial charge in [0.1, 0.15) is 5.75 Å². The molecule has 1 aliphatic rings. The van der Waals surface area contributed by atoms with Crippen LogP contribution in [-0.4, -0.2) is 41.1 Å². The molecule has 168 valence electrons. The van der Waals surface area contributed by atoms with Gasteiger partial charge in [-0.1, -0.05) is 42.5 Å². The number of carbonyl (C=O) groups is 3. The molecular weight excluding hydrogens is 408 g/mol. The van der Waals surface area contributed by atoms with Gasteiger partial charge >= 0.3 is 0 Å². The van der Waals surface area contributed by atoms with E-state index in [-0.39, 0.29) is 18.7 Å². The number of nitrogens with one attached hydrogen (secondary N) is 2. The largest absolute Gasteiger partial charge is 0.481 e. The number of aryl methyl sites for hydroxylation is 1. The summed E-state index contributed by atoms with van der Waals surface area (Å²) in [6.45, 7) is 5.98. The van der Waals surface area contributed by atoms with Crippen LogP contribution < -0.4 is 15.6 Å². The summed E-state index contributed by atoms with van der Waals surface area (Å²) >= 11 is 0. The third-order valence-electron chi connectivity index (χ3n) is 5.32. The summed E-state index contributed by atoms with van der Waals surface area (Å²) in [7, 11) is 0. The highest BCUT2D eigenvalue weighted by atomic mass is 16.5. The van der Waals surface area contributed by atoms with Crippen LogP contribution in [0.25, 0.3) is 0 Å². The Bertz CT molecular complexity index is 1020. The maximum atomic E-state index is 12.4. The average Bonchev–Trinajstić information content (AvgIpc) is 3.30. The van der Waals surface area contributed by atoms with E-state index < -0.39 is 17.9 Å². The Morgan fingerprint density at radius 2 is 1.78 bits per heavy atom. The van der Waals surface area contributed by atoms with E-state index in [1.165, 1.54) is 5.01 Å². The van der Waals surface area contributed by atoms with Crippen molar-refractivity contribution in [1.29, 1.82) is 0 Å². The van der Waals surface area contributed by atoms with Crippen LogP contribution in [0.3, 0.4) is 0 Å². The molecule has 3 amide bonds. The van der Waals surface area contributed by atoms with Crippen molar-refractivity contribution in [3.05, 3.63) is 65.2 Å². The lowest BCUT2D eigenvalue weighted by molar-refractivity contribution is -0.135. The third-order valence-corrected chi connectivity index (χ3v) is 5.32. The smallest absolute Gasteiger partial charge is 0.279 e. The summed E-state index contributed by atoms with van der Waals surface area (Å²) < 4.78 is 5.69. The minimum Gasteiger partial charge on any atom is -0.481 e. The van der Waals surface area contributed by atoms with Crippen molar-refractivity contribution < 1.29 is 19.1 Å². The number of ether oxygens (including phenoxy) is 1. The second-order valence-corrected chi connectivity index (χ2v) is 7.68. The molecule has 1 unspecified atom stereocenters. The molecule has 8 nitrogen and oxygen atoms in total. The molecule has 1 aliphatic heterocycles. The van der Waals surface area contributed by atoms with Gasteiger partial charge in [-0.05, 0) is 43.5 Å². The van der Waals surface area contributed by atoms with E-state index >= 15 is 0 Å². The summed E-state index contributed by atoms with van der Waals surface area (Å²) in [5.41, 5.74) is 8.53. The summed E-state index contributed by atoms with van der Waals surface area (Å²) in [4.78, 5) is 36.6. The number of amides is 3. The summed E-state index contributed by atoms with van der Waals surface area (Å²) in [6.07, 6.45) is -0.177. The SMILES string of the molecule is Cc1cccc(OC(C)C(=O)NNC(=O)CCC(=O)N2CCC(c3ccccc3)=N2)c1C. The second-order valence-electron chi connectivity index (χ2n) is 7.68. The van der Waals surface area contributed by atoms with Crippen molar-refractivity contribution in [3.63, 3.8) is 0 Å². The van der Waals surface area contributed by atoms with Gasteiger partial charge in [-0.3, -0.25) is 25.2 Å². The monoisotopic (exact) mass is 436 g/mol. The molecule has 2 aromatic rings. The van der Waals surface area contributed by atoms with Crippen molar-refractivity contribution in [2.24, 2.45) is 5.10 Å². The van der Waals surface area contributed by atoms with Crippen molar-refractivity contribution in [3.8, 4) is 5.75 Å². The number of hydrogen-bond donors (Lipinski definition) is 2. The molecule has 0 saturated heterocycles. The summed E-state index contributed by atoms with van der Waals surface area (Å²) in [6, 6.07) is 15.3. The number of rotatable bonds is 7. The molecule has 0 radical (unpaired) electrons. The fourth-order valence-electron chi connectivity index (χ4n) is 3.21. The van der Waals surface area contributed by atoms with Crippen molar-refractivity contribution in [1.82, 2.24) is 15.9 Å². The van der Waals surface area contributed by atoms with Crippen molar-refractivity contribution >= 4 is 23.4 Å². The van der Waals surface area contributed by atoms with Crippen LogP contribution in [0, 0.1) is 13.8 Å². The number of hydrogen-bond acceptors (Lipinski definition) is 5. The van der Waals surface area contributed by atoms with E-state index in [1.54, 1.807) is 13.0 Å². The number of carbonyl (C=O) groups excluding carboxylic acids is 3. The molecule has 8 heteroatoms. The zero-order chi connectivity index (χ0) is 23.1. The zero-order valence-corrected chi connectivity index (χ0v) is 18.6. The second kappa shape index (κ2) is 10.6. The van der Waals surface area contributed by atoms with E-state index in [9.17, 15) is 14.4 Å². The first-order valence-electron chi connectivity index (χ1n) is 10.6. The highest BCUT2D eigenvalue weighted by molar-refractivity contribution is 6.02. The van der Waals surface area contributed by atoms with Crippen LogP contribution >= 0.6 is 0 Å². The number of hydrazine groups is 1. The lowest BCUT2D eigenvalue weighted by Gasteiger charge is -2.17. The van der Waals surface area contributed by atoms with Crippen molar-refractivity contribution in [2.75, 3.05) is 6.54 Å². The Hall–Kier alpha value is -3.68. The van der Waals surface area contributed by atoms with Gasteiger partial charge in [-0.15, -0.1) is 0 Å². The van der Waals surface area contributed by atoms with E-state index in [2.05, 4.69) is 16.0 Å². The Morgan fingerprint density at radius 1 is 1.03 bits per heavy atom. The molecule has 1 atom stereocenters. The minimum absolute atomic E-state index is 0.00180. The van der Waals surface area contributed by atoms with Gasteiger partial charge in [0, 0.05) is 19.3 Å². The number of benzene rings is 2. The lowest BCUT2D eigenvalue weighted by Crippen LogP contribution is -2.47. The standard InChI is InChI=1S/C24H28N4O4/c1-16-8-7-11-21(17(16)2)32-18(3)24(31)26-25-22(29)12-13-23(30)28-15-14-20(27-28)19-9-5-4-6-10-19/h4-11,18H,12-15H2,1-3H3,(H,25,29)(H,26,31). The minimum atomic E-state index is -0.798. The first-order chi connectivity index (χ1) is 15.3. The van der Waals surface area contributed by atoms with Crippen LogP contribution in [0.5, 0.6) is 5.75 Å². The molecule has 0 saturated carbocycles. The maximum Gasteiger partial charge on any atom is 0.279 e. The maximum absolute atomic E-state index is 12.4. The highest BCUT2D eigenvalue weighted by Crippen LogP contribution is 2.21. The fourth-order valence-corrected chi connectivity index (χ4v) is 3.21.